The highest BCUT2D eigenvalue weighted by molar-refractivity contribution is 5.79. The third kappa shape index (κ3) is 5.76. The van der Waals surface area contributed by atoms with Gasteiger partial charge >= 0.3 is 0 Å². The van der Waals surface area contributed by atoms with E-state index >= 15 is 0 Å². The number of para-hydroxylation sites is 1. The van der Waals surface area contributed by atoms with Crippen molar-refractivity contribution >= 4 is 5.91 Å². The van der Waals surface area contributed by atoms with Crippen molar-refractivity contribution in [3.05, 3.63) is 29.8 Å². The fourth-order valence-electron chi connectivity index (χ4n) is 2.52. The summed E-state index contributed by atoms with van der Waals surface area (Å²) >= 11 is 0. The van der Waals surface area contributed by atoms with Gasteiger partial charge in [-0.1, -0.05) is 18.2 Å². The molecule has 0 bridgehead atoms. The molecule has 0 unspecified atom stereocenters. The monoisotopic (exact) mass is 292 g/mol. The van der Waals surface area contributed by atoms with E-state index in [4.69, 9.17) is 4.74 Å². The molecule has 4 nitrogen and oxygen atoms in total. The van der Waals surface area contributed by atoms with Crippen molar-refractivity contribution in [3.63, 3.8) is 0 Å². The summed E-state index contributed by atoms with van der Waals surface area (Å²) in [5.74, 6) is 0.797. The molecule has 0 aliphatic rings. The number of nitrogens with one attached hydrogen (secondary N) is 1. The predicted molar refractivity (Wildman–Crippen MR) is 86.7 cm³/mol. The second kappa shape index (κ2) is 8.67. The van der Waals surface area contributed by atoms with Gasteiger partial charge in [-0.25, -0.2) is 0 Å². The maximum atomic E-state index is 12.0. The Labute approximate surface area is 128 Å². The molecule has 21 heavy (non-hydrogen) atoms. The number of rotatable bonds is 8. The lowest BCUT2D eigenvalue weighted by Crippen LogP contribution is -2.42. The van der Waals surface area contributed by atoms with Gasteiger partial charge in [0, 0.05) is 30.7 Å². The quantitative estimate of drug-likeness (QED) is 0.800. The first-order valence-electron chi connectivity index (χ1n) is 7.60. The van der Waals surface area contributed by atoms with Gasteiger partial charge in [-0.05, 0) is 33.8 Å². The molecular weight excluding hydrogens is 264 g/mol. The number of methoxy groups -OCH3 is 1. The number of carbonyl (C=O) groups is 1. The van der Waals surface area contributed by atoms with E-state index in [0.717, 1.165) is 17.9 Å². The standard InChI is InChI=1S/C17H28N2O2/c1-13(2)19(14(3)4)11-10-18-17(20)12-15-8-6-7-9-16(15)21-5/h6-9,13-14H,10-12H2,1-5H3,(H,18,20). The Balaban J connectivity index is 2.44. The molecule has 1 rings (SSSR count). The summed E-state index contributed by atoms with van der Waals surface area (Å²) in [5, 5.41) is 2.99. The lowest BCUT2D eigenvalue weighted by molar-refractivity contribution is -0.120. The van der Waals surface area contributed by atoms with Crippen LogP contribution in [-0.2, 0) is 11.2 Å². The van der Waals surface area contributed by atoms with Crippen molar-refractivity contribution in [2.45, 2.75) is 46.2 Å². The Morgan fingerprint density at radius 3 is 2.38 bits per heavy atom. The Morgan fingerprint density at radius 1 is 1.19 bits per heavy atom. The molecule has 0 aliphatic carbocycles. The highest BCUT2D eigenvalue weighted by atomic mass is 16.5. The Kier molecular flexibility index (Phi) is 7.23. The summed E-state index contributed by atoms with van der Waals surface area (Å²) in [4.78, 5) is 14.4. The van der Waals surface area contributed by atoms with Gasteiger partial charge in [0.05, 0.1) is 13.5 Å². The van der Waals surface area contributed by atoms with E-state index < -0.39 is 0 Å². The van der Waals surface area contributed by atoms with Gasteiger partial charge < -0.3 is 10.1 Å². The highest BCUT2D eigenvalue weighted by Gasteiger charge is 2.13. The molecule has 0 radical (unpaired) electrons. The summed E-state index contributed by atoms with van der Waals surface area (Å²) < 4.78 is 5.26. The first-order valence-corrected chi connectivity index (χ1v) is 7.60. The van der Waals surface area contributed by atoms with Gasteiger partial charge in [-0.15, -0.1) is 0 Å². The molecule has 118 valence electrons. The van der Waals surface area contributed by atoms with Crippen molar-refractivity contribution in [2.75, 3.05) is 20.2 Å². The summed E-state index contributed by atoms with van der Waals surface area (Å²) in [6.07, 6.45) is 0.355. The van der Waals surface area contributed by atoms with Gasteiger partial charge in [0.15, 0.2) is 0 Å². The molecule has 1 aromatic carbocycles. The first kappa shape index (κ1) is 17.5. The van der Waals surface area contributed by atoms with Crippen LogP contribution in [0.15, 0.2) is 24.3 Å². The van der Waals surface area contributed by atoms with Crippen LogP contribution in [-0.4, -0.2) is 43.1 Å². The van der Waals surface area contributed by atoms with Gasteiger partial charge in [0.2, 0.25) is 5.91 Å². The van der Waals surface area contributed by atoms with E-state index in [9.17, 15) is 4.79 Å². The molecule has 0 aromatic heterocycles. The largest absolute Gasteiger partial charge is 0.496 e. The van der Waals surface area contributed by atoms with Crippen LogP contribution < -0.4 is 10.1 Å². The van der Waals surface area contributed by atoms with E-state index in [-0.39, 0.29) is 5.91 Å². The number of benzene rings is 1. The van der Waals surface area contributed by atoms with E-state index in [1.54, 1.807) is 7.11 Å². The molecule has 0 saturated carbocycles. The van der Waals surface area contributed by atoms with Crippen molar-refractivity contribution < 1.29 is 9.53 Å². The minimum atomic E-state index is 0.0342. The summed E-state index contributed by atoms with van der Waals surface area (Å²) in [5.41, 5.74) is 0.919. The molecule has 1 aromatic rings. The Bertz CT molecular complexity index is 436. The third-order valence-corrected chi connectivity index (χ3v) is 3.56. The van der Waals surface area contributed by atoms with Crippen LogP contribution in [0, 0.1) is 0 Å². The molecule has 0 aliphatic heterocycles. The van der Waals surface area contributed by atoms with Gasteiger partial charge in [0.1, 0.15) is 5.75 Å². The van der Waals surface area contributed by atoms with Crippen LogP contribution >= 0.6 is 0 Å². The molecule has 1 N–H and O–H groups in total. The van der Waals surface area contributed by atoms with Crippen molar-refractivity contribution in [1.82, 2.24) is 10.2 Å². The Morgan fingerprint density at radius 2 is 1.81 bits per heavy atom. The maximum absolute atomic E-state index is 12.0. The molecular formula is C17H28N2O2. The normalized spacial score (nSPS) is 11.2. The zero-order chi connectivity index (χ0) is 15.8. The fraction of sp³-hybridized carbons (Fsp3) is 0.588. The first-order chi connectivity index (χ1) is 9.95. The number of nitrogens with zero attached hydrogens (tertiary/aromatic N) is 1. The van der Waals surface area contributed by atoms with Crippen LogP contribution in [0.2, 0.25) is 0 Å². The number of hydrogen-bond donors (Lipinski definition) is 1. The molecule has 1 amide bonds. The number of carbonyl (C=O) groups excluding carboxylic acids is 1. The number of ether oxygens (including phenoxy) is 1. The van der Waals surface area contributed by atoms with E-state index in [1.165, 1.54) is 0 Å². The lowest BCUT2D eigenvalue weighted by Gasteiger charge is -2.30. The van der Waals surface area contributed by atoms with Gasteiger partial charge in [0.25, 0.3) is 0 Å². The molecule has 0 fully saturated rings. The zero-order valence-corrected chi connectivity index (χ0v) is 13.8. The Hall–Kier alpha value is -1.55. The SMILES string of the molecule is COc1ccccc1CC(=O)NCCN(C(C)C)C(C)C. The van der Waals surface area contributed by atoms with E-state index in [2.05, 4.69) is 37.9 Å². The van der Waals surface area contributed by atoms with Crippen LogP contribution in [0.3, 0.4) is 0 Å². The fourth-order valence-corrected chi connectivity index (χ4v) is 2.52. The van der Waals surface area contributed by atoms with Gasteiger partial charge in [-0.2, -0.15) is 0 Å². The number of amides is 1. The molecule has 0 atom stereocenters. The average molecular weight is 292 g/mol. The minimum absolute atomic E-state index is 0.0342. The second-order valence-electron chi connectivity index (χ2n) is 5.76. The summed E-state index contributed by atoms with van der Waals surface area (Å²) in [7, 11) is 1.62. The number of hydrogen-bond acceptors (Lipinski definition) is 3. The van der Waals surface area contributed by atoms with Gasteiger partial charge in [-0.3, -0.25) is 9.69 Å². The van der Waals surface area contributed by atoms with Crippen molar-refractivity contribution in [1.29, 1.82) is 0 Å². The van der Waals surface area contributed by atoms with Crippen LogP contribution in [0.5, 0.6) is 5.75 Å². The third-order valence-electron chi connectivity index (χ3n) is 3.56. The summed E-state index contributed by atoms with van der Waals surface area (Å²) in [6, 6.07) is 8.59. The smallest absolute Gasteiger partial charge is 0.224 e. The molecule has 0 saturated heterocycles. The second-order valence-corrected chi connectivity index (χ2v) is 5.76. The minimum Gasteiger partial charge on any atom is -0.496 e. The average Bonchev–Trinajstić information content (AvgIpc) is 2.43. The van der Waals surface area contributed by atoms with Crippen LogP contribution in [0.4, 0.5) is 0 Å². The maximum Gasteiger partial charge on any atom is 0.224 e. The topological polar surface area (TPSA) is 41.6 Å². The zero-order valence-electron chi connectivity index (χ0n) is 13.8. The van der Waals surface area contributed by atoms with E-state index in [1.807, 2.05) is 24.3 Å². The van der Waals surface area contributed by atoms with Crippen molar-refractivity contribution in [2.24, 2.45) is 0 Å². The van der Waals surface area contributed by atoms with Crippen LogP contribution in [0.25, 0.3) is 0 Å². The summed E-state index contributed by atoms with van der Waals surface area (Å²) in [6.45, 7) is 10.2. The molecule has 0 heterocycles. The van der Waals surface area contributed by atoms with Crippen LogP contribution in [0.1, 0.15) is 33.3 Å². The lowest BCUT2D eigenvalue weighted by atomic mass is 10.1. The highest BCUT2D eigenvalue weighted by Crippen LogP contribution is 2.17. The predicted octanol–water partition coefficient (Wildman–Crippen LogP) is 2.47. The van der Waals surface area contributed by atoms with E-state index in [0.29, 0.717) is 25.0 Å². The molecule has 4 heteroatoms. The van der Waals surface area contributed by atoms with Crippen molar-refractivity contribution in [3.8, 4) is 5.75 Å². The molecule has 0 spiro atoms.